The van der Waals surface area contributed by atoms with Gasteiger partial charge in [-0.1, -0.05) is 6.07 Å². The zero-order valence-corrected chi connectivity index (χ0v) is 9.59. The molecule has 1 aromatic rings. The Morgan fingerprint density at radius 3 is 2.94 bits per heavy atom. The standard InChI is InChI=1S/C12H15FN2O2/c1-7-2-3-9(16)11(12(7)13)8-6-10(17)15-5-4-14-8/h2-3,8,14,16H,4-6H2,1H3,(H,15,17). The lowest BCUT2D eigenvalue weighted by atomic mass is 9.99. The molecule has 17 heavy (non-hydrogen) atoms. The predicted molar refractivity (Wildman–Crippen MR) is 61.2 cm³/mol. The third-order valence-corrected chi connectivity index (χ3v) is 2.93. The fourth-order valence-electron chi connectivity index (χ4n) is 2.01. The number of aryl methyl sites for hydroxylation is 1. The Kier molecular flexibility index (Phi) is 3.28. The number of phenols is 1. The Hall–Kier alpha value is -1.62. The van der Waals surface area contributed by atoms with E-state index in [-0.39, 0.29) is 23.6 Å². The monoisotopic (exact) mass is 238 g/mol. The summed E-state index contributed by atoms with van der Waals surface area (Å²) in [6, 6.07) is 2.50. The van der Waals surface area contributed by atoms with Crippen molar-refractivity contribution in [3.05, 3.63) is 29.1 Å². The van der Waals surface area contributed by atoms with Crippen molar-refractivity contribution in [2.24, 2.45) is 0 Å². The van der Waals surface area contributed by atoms with E-state index >= 15 is 0 Å². The molecule has 4 nitrogen and oxygen atoms in total. The molecule has 1 aliphatic rings. The number of carbonyl (C=O) groups is 1. The summed E-state index contributed by atoms with van der Waals surface area (Å²) in [5.74, 6) is -0.696. The zero-order valence-electron chi connectivity index (χ0n) is 9.59. The molecular weight excluding hydrogens is 223 g/mol. The largest absolute Gasteiger partial charge is 0.508 e. The van der Waals surface area contributed by atoms with Gasteiger partial charge < -0.3 is 15.7 Å². The van der Waals surface area contributed by atoms with Crippen LogP contribution in [-0.4, -0.2) is 24.1 Å². The lowest BCUT2D eigenvalue weighted by Gasteiger charge is -2.18. The lowest BCUT2D eigenvalue weighted by Crippen LogP contribution is -2.25. The van der Waals surface area contributed by atoms with E-state index in [4.69, 9.17) is 0 Å². The number of carbonyl (C=O) groups excluding carboxylic acids is 1. The molecule has 0 aromatic heterocycles. The Labute approximate surface area is 98.8 Å². The molecule has 5 heteroatoms. The summed E-state index contributed by atoms with van der Waals surface area (Å²) in [5.41, 5.74) is 0.645. The number of hydrogen-bond donors (Lipinski definition) is 3. The Morgan fingerprint density at radius 1 is 1.41 bits per heavy atom. The zero-order chi connectivity index (χ0) is 12.4. The molecule has 1 saturated heterocycles. The third-order valence-electron chi connectivity index (χ3n) is 2.93. The van der Waals surface area contributed by atoms with Gasteiger partial charge in [-0.15, -0.1) is 0 Å². The van der Waals surface area contributed by atoms with Gasteiger partial charge >= 0.3 is 0 Å². The van der Waals surface area contributed by atoms with Crippen LogP contribution in [0.5, 0.6) is 5.75 Å². The van der Waals surface area contributed by atoms with Crippen molar-refractivity contribution in [2.45, 2.75) is 19.4 Å². The SMILES string of the molecule is Cc1ccc(O)c(C2CC(=O)NCCN2)c1F. The minimum absolute atomic E-state index is 0.111. The van der Waals surface area contributed by atoms with Gasteiger partial charge in [0.25, 0.3) is 0 Å². The Morgan fingerprint density at radius 2 is 2.18 bits per heavy atom. The van der Waals surface area contributed by atoms with E-state index in [9.17, 15) is 14.3 Å². The molecule has 92 valence electrons. The van der Waals surface area contributed by atoms with Crippen molar-refractivity contribution in [1.29, 1.82) is 0 Å². The first-order valence-electron chi connectivity index (χ1n) is 5.57. The second-order valence-electron chi connectivity index (χ2n) is 4.19. The molecule has 1 aliphatic heterocycles. The normalized spacial score (nSPS) is 20.8. The van der Waals surface area contributed by atoms with Crippen molar-refractivity contribution >= 4 is 5.91 Å². The predicted octanol–water partition coefficient (Wildman–Crippen LogP) is 0.990. The number of nitrogens with one attached hydrogen (secondary N) is 2. The Bertz CT molecular complexity index is 448. The van der Waals surface area contributed by atoms with Crippen LogP contribution in [0.3, 0.4) is 0 Å². The highest BCUT2D eigenvalue weighted by molar-refractivity contribution is 5.77. The summed E-state index contributed by atoms with van der Waals surface area (Å²) in [6.45, 7) is 2.71. The van der Waals surface area contributed by atoms with E-state index in [1.807, 2.05) is 0 Å². The molecule has 1 unspecified atom stereocenters. The second kappa shape index (κ2) is 4.71. The van der Waals surface area contributed by atoms with Gasteiger partial charge in [-0.05, 0) is 18.6 Å². The van der Waals surface area contributed by atoms with E-state index in [0.717, 1.165) is 0 Å². The van der Waals surface area contributed by atoms with Gasteiger partial charge in [-0.3, -0.25) is 4.79 Å². The van der Waals surface area contributed by atoms with Gasteiger partial charge in [-0.25, -0.2) is 4.39 Å². The molecule has 0 radical (unpaired) electrons. The summed E-state index contributed by atoms with van der Waals surface area (Å²) in [7, 11) is 0. The highest BCUT2D eigenvalue weighted by Crippen LogP contribution is 2.31. The molecule has 2 rings (SSSR count). The van der Waals surface area contributed by atoms with Gasteiger partial charge in [0.05, 0.1) is 0 Å². The van der Waals surface area contributed by atoms with Crippen LogP contribution < -0.4 is 10.6 Å². The Balaban J connectivity index is 2.38. The molecule has 0 bridgehead atoms. The molecule has 3 N–H and O–H groups in total. The molecule has 0 spiro atoms. The number of hydrogen-bond acceptors (Lipinski definition) is 3. The maximum Gasteiger partial charge on any atom is 0.221 e. The average Bonchev–Trinajstić information content (AvgIpc) is 2.49. The van der Waals surface area contributed by atoms with E-state index in [1.54, 1.807) is 6.92 Å². The second-order valence-corrected chi connectivity index (χ2v) is 4.19. The fourth-order valence-corrected chi connectivity index (χ4v) is 2.01. The summed E-state index contributed by atoms with van der Waals surface area (Å²) >= 11 is 0. The third kappa shape index (κ3) is 2.39. The van der Waals surface area contributed by atoms with Crippen LogP contribution >= 0.6 is 0 Å². The fraction of sp³-hybridized carbons (Fsp3) is 0.417. The first-order valence-corrected chi connectivity index (χ1v) is 5.57. The first kappa shape index (κ1) is 11.9. The van der Waals surface area contributed by atoms with Crippen molar-refractivity contribution in [3.63, 3.8) is 0 Å². The van der Waals surface area contributed by atoms with Crippen LogP contribution in [0.15, 0.2) is 12.1 Å². The first-order chi connectivity index (χ1) is 8.09. The van der Waals surface area contributed by atoms with Crippen LogP contribution in [0.4, 0.5) is 4.39 Å². The number of aromatic hydroxyl groups is 1. The molecule has 1 heterocycles. The maximum absolute atomic E-state index is 14.0. The highest BCUT2D eigenvalue weighted by atomic mass is 19.1. The van der Waals surface area contributed by atoms with Gasteiger partial charge in [0, 0.05) is 31.1 Å². The topological polar surface area (TPSA) is 61.4 Å². The molecule has 0 saturated carbocycles. The van der Waals surface area contributed by atoms with Gasteiger partial charge in [0.15, 0.2) is 0 Å². The van der Waals surface area contributed by atoms with Crippen LogP contribution in [0, 0.1) is 12.7 Å². The van der Waals surface area contributed by atoms with Crippen molar-refractivity contribution in [3.8, 4) is 5.75 Å². The number of amides is 1. The number of benzene rings is 1. The molecule has 0 aliphatic carbocycles. The van der Waals surface area contributed by atoms with Crippen LogP contribution in [0.2, 0.25) is 0 Å². The van der Waals surface area contributed by atoms with Crippen molar-refractivity contribution in [1.82, 2.24) is 10.6 Å². The van der Waals surface area contributed by atoms with Crippen LogP contribution in [0.25, 0.3) is 0 Å². The van der Waals surface area contributed by atoms with E-state index < -0.39 is 11.9 Å². The smallest absolute Gasteiger partial charge is 0.221 e. The maximum atomic E-state index is 14.0. The summed E-state index contributed by atoms with van der Waals surface area (Å²) in [4.78, 5) is 11.4. The van der Waals surface area contributed by atoms with Crippen molar-refractivity contribution in [2.75, 3.05) is 13.1 Å². The molecule has 1 amide bonds. The lowest BCUT2D eigenvalue weighted by molar-refractivity contribution is -0.121. The van der Waals surface area contributed by atoms with Crippen molar-refractivity contribution < 1.29 is 14.3 Å². The average molecular weight is 238 g/mol. The summed E-state index contributed by atoms with van der Waals surface area (Å²) in [5, 5.41) is 15.5. The number of phenolic OH excluding ortho intramolecular Hbond substituents is 1. The molecule has 1 atom stereocenters. The minimum Gasteiger partial charge on any atom is -0.508 e. The number of halogens is 1. The van der Waals surface area contributed by atoms with E-state index in [2.05, 4.69) is 10.6 Å². The highest BCUT2D eigenvalue weighted by Gasteiger charge is 2.24. The van der Waals surface area contributed by atoms with Gasteiger partial charge in [0.2, 0.25) is 5.91 Å². The quantitative estimate of drug-likeness (QED) is 0.683. The van der Waals surface area contributed by atoms with Crippen LogP contribution in [-0.2, 0) is 4.79 Å². The molecule has 1 aromatic carbocycles. The molecule has 1 fully saturated rings. The van der Waals surface area contributed by atoms with Gasteiger partial charge in [0.1, 0.15) is 11.6 Å². The van der Waals surface area contributed by atoms with Crippen LogP contribution in [0.1, 0.15) is 23.6 Å². The molecular formula is C12H15FN2O2. The van der Waals surface area contributed by atoms with Gasteiger partial charge in [-0.2, -0.15) is 0 Å². The minimum atomic E-state index is -0.475. The van der Waals surface area contributed by atoms with E-state index in [0.29, 0.717) is 18.7 Å². The summed E-state index contributed by atoms with van der Waals surface area (Å²) in [6.07, 6.45) is 0.133. The van der Waals surface area contributed by atoms with E-state index in [1.165, 1.54) is 12.1 Å². The number of rotatable bonds is 1. The summed E-state index contributed by atoms with van der Waals surface area (Å²) < 4.78 is 14.0.